The fourth-order valence-electron chi connectivity index (χ4n) is 0.854. The molecule has 0 aliphatic carbocycles. The Bertz CT molecular complexity index is 332. The lowest BCUT2D eigenvalue weighted by molar-refractivity contribution is -0.117. The van der Waals surface area contributed by atoms with E-state index in [1.165, 1.54) is 0 Å². The van der Waals surface area contributed by atoms with Gasteiger partial charge in [-0.2, -0.15) is 0 Å². The van der Waals surface area contributed by atoms with Crippen molar-refractivity contribution in [3.63, 3.8) is 0 Å². The molecule has 0 saturated carbocycles. The highest BCUT2D eigenvalue weighted by atomic mass is 35.5. The first kappa shape index (κ1) is 11.3. The summed E-state index contributed by atoms with van der Waals surface area (Å²) in [6, 6.07) is 4.39. The molecular formula is C9H10Cl2N2O. The second kappa shape index (κ2) is 4.64. The van der Waals surface area contributed by atoms with Gasteiger partial charge in [0.05, 0.1) is 21.8 Å². The number of amides is 1. The zero-order valence-electron chi connectivity index (χ0n) is 7.55. The molecule has 0 aliphatic rings. The van der Waals surface area contributed by atoms with E-state index < -0.39 is 6.04 Å². The van der Waals surface area contributed by atoms with E-state index in [9.17, 15) is 4.79 Å². The van der Waals surface area contributed by atoms with E-state index in [1.807, 2.05) is 0 Å². The third-order valence-corrected chi connectivity index (χ3v) is 2.25. The number of carbonyl (C=O) groups is 1. The zero-order valence-corrected chi connectivity index (χ0v) is 9.06. The summed E-state index contributed by atoms with van der Waals surface area (Å²) in [5, 5.41) is 3.34. The second-order valence-electron chi connectivity index (χ2n) is 2.87. The summed E-state index contributed by atoms with van der Waals surface area (Å²) >= 11 is 11.7. The van der Waals surface area contributed by atoms with Crippen molar-refractivity contribution in [1.29, 1.82) is 0 Å². The first-order valence-electron chi connectivity index (χ1n) is 4.03. The molecule has 1 atom stereocenters. The standard InChI is InChI=1S/C9H10Cl2N2O/c1-5(12)9(14)13-8-6(10)3-2-4-7(8)11/h2-5H,12H2,1H3,(H,13,14)/t5-/m1/s1. The zero-order chi connectivity index (χ0) is 10.7. The minimum atomic E-state index is -0.595. The average molecular weight is 233 g/mol. The number of anilines is 1. The molecule has 1 aromatic carbocycles. The number of para-hydroxylation sites is 1. The van der Waals surface area contributed by atoms with Gasteiger partial charge in [-0.05, 0) is 19.1 Å². The van der Waals surface area contributed by atoms with Crippen LogP contribution < -0.4 is 11.1 Å². The van der Waals surface area contributed by atoms with Gasteiger partial charge in [-0.3, -0.25) is 4.79 Å². The summed E-state index contributed by atoms with van der Waals surface area (Å²) in [6.07, 6.45) is 0. The number of benzene rings is 1. The predicted octanol–water partition coefficient (Wildman–Crippen LogP) is 2.28. The van der Waals surface area contributed by atoms with Crippen LogP contribution in [-0.4, -0.2) is 11.9 Å². The van der Waals surface area contributed by atoms with Gasteiger partial charge in [-0.15, -0.1) is 0 Å². The van der Waals surface area contributed by atoms with Gasteiger partial charge < -0.3 is 11.1 Å². The lowest BCUT2D eigenvalue weighted by atomic mass is 10.3. The molecule has 0 bridgehead atoms. The molecule has 1 rings (SSSR count). The van der Waals surface area contributed by atoms with Crippen LogP contribution in [0, 0.1) is 0 Å². The summed E-state index contributed by atoms with van der Waals surface area (Å²) in [7, 11) is 0. The van der Waals surface area contributed by atoms with Crippen molar-refractivity contribution in [3.8, 4) is 0 Å². The van der Waals surface area contributed by atoms with Gasteiger partial charge in [0, 0.05) is 0 Å². The normalized spacial score (nSPS) is 12.3. The molecule has 3 nitrogen and oxygen atoms in total. The lowest BCUT2D eigenvalue weighted by Gasteiger charge is -2.10. The van der Waals surface area contributed by atoms with Crippen molar-refractivity contribution in [1.82, 2.24) is 0 Å². The van der Waals surface area contributed by atoms with E-state index in [0.29, 0.717) is 15.7 Å². The highest BCUT2D eigenvalue weighted by Crippen LogP contribution is 2.29. The molecule has 0 aromatic heterocycles. The second-order valence-corrected chi connectivity index (χ2v) is 3.69. The SMILES string of the molecule is C[C@@H](N)C(=O)Nc1c(Cl)cccc1Cl. The van der Waals surface area contributed by atoms with E-state index in [0.717, 1.165) is 0 Å². The van der Waals surface area contributed by atoms with Crippen LogP contribution >= 0.6 is 23.2 Å². The number of hydrogen-bond acceptors (Lipinski definition) is 2. The Balaban J connectivity index is 2.91. The Kier molecular flexibility index (Phi) is 3.75. The van der Waals surface area contributed by atoms with Crippen molar-refractivity contribution in [2.24, 2.45) is 5.73 Å². The molecule has 0 fully saturated rings. The largest absolute Gasteiger partial charge is 0.322 e. The van der Waals surface area contributed by atoms with E-state index >= 15 is 0 Å². The van der Waals surface area contributed by atoms with Gasteiger partial charge in [0.1, 0.15) is 0 Å². The maximum absolute atomic E-state index is 11.3. The van der Waals surface area contributed by atoms with Gasteiger partial charge in [0.2, 0.25) is 5.91 Å². The molecule has 0 saturated heterocycles. The Morgan fingerprint density at radius 3 is 2.36 bits per heavy atom. The topological polar surface area (TPSA) is 55.1 Å². The van der Waals surface area contributed by atoms with Crippen LogP contribution in [0.25, 0.3) is 0 Å². The van der Waals surface area contributed by atoms with E-state index in [2.05, 4.69) is 5.32 Å². The van der Waals surface area contributed by atoms with E-state index in [-0.39, 0.29) is 5.91 Å². The maximum atomic E-state index is 11.3. The summed E-state index contributed by atoms with van der Waals surface area (Å²) in [5.74, 6) is -0.319. The molecule has 0 aliphatic heterocycles. The predicted molar refractivity (Wildman–Crippen MR) is 58.7 cm³/mol. The molecule has 1 amide bonds. The maximum Gasteiger partial charge on any atom is 0.241 e. The minimum Gasteiger partial charge on any atom is -0.322 e. The van der Waals surface area contributed by atoms with Crippen LogP contribution in [0.5, 0.6) is 0 Å². The summed E-state index contributed by atoms with van der Waals surface area (Å²) in [6.45, 7) is 1.58. The lowest BCUT2D eigenvalue weighted by Crippen LogP contribution is -2.32. The smallest absolute Gasteiger partial charge is 0.241 e. The molecule has 1 aromatic rings. The first-order chi connectivity index (χ1) is 6.52. The van der Waals surface area contributed by atoms with Crippen LogP contribution in [0.3, 0.4) is 0 Å². The van der Waals surface area contributed by atoms with Crippen LogP contribution in [0.1, 0.15) is 6.92 Å². The molecule has 14 heavy (non-hydrogen) atoms. The number of halogens is 2. The van der Waals surface area contributed by atoms with Crippen molar-refractivity contribution in [2.75, 3.05) is 5.32 Å². The Labute approximate surface area is 92.2 Å². The van der Waals surface area contributed by atoms with Crippen LogP contribution in [-0.2, 0) is 4.79 Å². The highest BCUT2D eigenvalue weighted by molar-refractivity contribution is 6.39. The molecule has 76 valence electrons. The fourth-order valence-corrected chi connectivity index (χ4v) is 1.35. The third kappa shape index (κ3) is 2.61. The van der Waals surface area contributed by atoms with Gasteiger partial charge >= 0.3 is 0 Å². The Hall–Kier alpha value is -0.770. The van der Waals surface area contributed by atoms with Gasteiger partial charge in [0.15, 0.2) is 0 Å². The van der Waals surface area contributed by atoms with Crippen molar-refractivity contribution in [3.05, 3.63) is 28.2 Å². The summed E-state index contributed by atoms with van der Waals surface area (Å²) < 4.78 is 0. The number of nitrogens with one attached hydrogen (secondary N) is 1. The van der Waals surface area contributed by atoms with Gasteiger partial charge in [-0.25, -0.2) is 0 Å². The van der Waals surface area contributed by atoms with Crippen molar-refractivity contribution < 1.29 is 4.79 Å². The molecule has 3 N–H and O–H groups in total. The monoisotopic (exact) mass is 232 g/mol. The van der Waals surface area contributed by atoms with Gasteiger partial charge in [-0.1, -0.05) is 29.3 Å². The first-order valence-corrected chi connectivity index (χ1v) is 4.78. The molecule has 0 heterocycles. The Morgan fingerprint density at radius 1 is 1.43 bits per heavy atom. The molecule has 0 radical (unpaired) electrons. The molecule has 5 heteroatoms. The molecular weight excluding hydrogens is 223 g/mol. The number of hydrogen-bond donors (Lipinski definition) is 2. The van der Waals surface area contributed by atoms with Crippen molar-refractivity contribution >= 4 is 34.8 Å². The number of rotatable bonds is 2. The highest BCUT2D eigenvalue weighted by Gasteiger charge is 2.11. The third-order valence-electron chi connectivity index (χ3n) is 1.62. The van der Waals surface area contributed by atoms with Gasteiger partial charge in [0.25, 0.3) is 0 Å². The van der Waals surface area contributed by atoms with Crippen LogP contribution in [0.2, 0.25) is 10.0 Å². The fraction of sp³-hybridized carbons (Fsp3) is 0.222. The average Bonchev–Trinajstić information content (AvgIpc) is 2.11. The van der Waals surface area contributed by atoms with Crippen LogP contribution in [0.4, 0.5) is 5.69 Å². The minimum absolute atomic E-state index is 0.319. The summed E-state index contributed by atoms with van der Waals surface area (Å²) in [4.78, 5) is 11.3. The van der Waals surface area contributed by atoms with Crippen molar-refractivity contribution in [2.45, 2.75) is 13.0 Å². The van der Waals surface area contributed by atoms with E-state index in [1.54, 1.807) is 25.1 Å². The quantitative estimate of drug-likeness (QED) is 0.823. The molecule has 0 spiro atoms. The van der Waals surface area contributed by atoms with Crippen LogP contribution in [0.15, 0.2) is 18.2 Å². The summed E-state index contributed by atoms with van der Waals surface area (Å²) in [5.41, 5.74) is 5.79. The number of carbonyl (C=O) groups excluding carboxylic acids is 1. The van der Waals surface area contributed by atoms with E-state index in [4.69, 9.17) is 28.9 Å². The Morgan fingerprint density at radius 2 is 1.93 bits per heavy atom. The number of nitrogens with two attached hydrogens (primary N) is 1. The molecule has 0 unspecified atom stereocenters.